The van der Waals surface area contributed by atoms with E-state index in [-0.39, 0.29) is 29.9 Å². The van der Waals surface area contributed by atoms with Gasteiger partial charge in [-0.1, -0.05) is 19.5 Å². The second kappa shape index (κ2) is 5.02. The van der Waals surface area contributed by atoms with Crippen molar-refractivity contribution < 1.29 is 19.0 Å². The predicted molar refractivity (Wildman–Crippen MR) is 84.6 cm³/mol. The van der Waals surface area contributed by atoms with Crippen molar-refractivity contribution in [3.8, 4) is 0 Å². The molecule has 6 heteroatoms. The molecule has 19 heavy (non-hydrogen) atoms. The largest absolute Gasteiger partial charge is 0.372 e. The molecule has 2 rings (SSSR count). The van der Waals surface area contributed by atoms with Crippen LogP contribution in [0.1, 0.15) is 20.3 Å². The van der Waals surface area contributed by atoms with Crippen LogP contribution in [0.5, 0.6) is 0 Å². The molecule has 2 aliphatic rings. The summed E-state index contributed by atoms with van der Waals surface area (Å²) in [5.74, 6) is 0.479. The van der Waals surface area contributed by atoms with Gasteiger partial charge >= 0.3 is 0 Å². The van der Waals surface area contributed by atoms with Gasteiger partial charge in [-0.15, -0.1) is 0 Å². The Hall–Kier alpha value is 0.440. The van der Waals surface area contributed by atoms with Gasteiger partial charge in [0, 0.05) is 11.6 Å². The number of hydrogen-bond acceptors (Lipinski definition) is 4. The zero-order valence-corrected chi connectivity index (χ0v) is 14.0. The topological polar surface area (TPSA) is 58.9 Å². The predicted octanol–water partition coefficient (Wildman–Crippen LogP) is 2.07. The molecule has 6 atom stereocenters. The van der Waals surface area contributed by atoms with E-state index < -0.39 is 14.5 Å². The van der Waals surface area contributed by atoms with Gasteiger partial charge < -0.3 is 19.0 Å². The SMILES string of the molecule is C=P(C)(C)OC1C(C)C(C)OC1C1CC1P(=C)(O)O. The van der Waals surface area contributed by atoms with Crippen molar-refractivity contribution in [2.45, 2.75) is 44.2 Å². The van der Waals surface area contributed by atoms with Gasteiger partial charge in [0.1, 0.15) is 7.34 Å². The summed E-state index contributed by atoms with van der Waals surface area (Å²) in [5, 5.41) is 0. The molecule has 4 nitrogen and oxygen atoms in total. The van der Waals surface area contributed by atoms with Crippen LogP contribution in [0.2, 0.25) is 0 Å². The van der Waals surface area contributed by atoms with Gasteiger partial charge in [-0.2, -0.15) is 0 Å². The molecule has 0 aromatic heterocycles. The third kappa shape index (κ3) is 3.56. The minimum absolute atomic E-state index is 0.0115. The summed E-state index contributed by atoms with van der Waals surface area (Å²) in [4.78, 5) is 19.4. The Morgan fingerprint density at radius 3 is 2.21 bits per heavy atom. The molecule has 1 heterocycles. The van der Waals surface area contributed by atoms with Gasteiger partial charge in [-0.25, -0.2) is 0 Å². The van der Waals surface area contributed by atoms with E-state index in [9.17, 15) is 9.79 Å². The average molecular weight is 308 g/mol. The normalized spacial score (nSPS) is 43.5. The van der Waals surface area contributed by atoms with E-state index in [2.05, 4.69) is 26.4 Å². The highest BCUT2D eigenvalue weighted by atomic mass is 31.2. The van der Waals surface area contributed by atoms with Crippen LogP contribution in [0.3, 0.4) is 0 Å². The van der Waals surface area contributed by atoms with Crippen molar-refractivity contribution in [2.24, 2.45) is 11.8 Å². The molecule has 1 aliphatic carbocycles. The van der Waals surface area contributed by atoms with Crippen LogP contribution in [-0.2, 0) is 9.26 Å². The summed E-state index contributed by atoms with van der Waals surface area (Å²) in [6, 6.07) is 0. The fraction of sp³-hybridized carbons (Fsp3) is 0.846. The first-order valence-corrected chi connectivity index (χ1v) is 11.4. The molecule has 1 aliphatic heterocycles. The molecule has 0 bridgehead atoms. The highest BCUT2D eigenvalue weighted by Gasteiger charge is 2.56. The quantitative estimate of drug-likeness (QED) is 0.781. The fourth-order valence-corrected chi connectivity index (χ4v) is 5.21. The van der Waals surface area contributed by atoms with Crippen LogP contribution in [0, 0.1) is 11.8 Å². The van der Waals surface area contributed by atoms with Crippen molar-refractivity contribution in [3.05, 3.63) is 0 Å². The Labute approximate surface area is 116 Å². The van der Waals surface area contributed by atoms with Crippen molar-refractivity contribution in [1.82, 2.24) is 0 Å². The van der Waals surface area contributed by atoms with Gasteiger partial charge in [0.15, 0.2) is 0 Å². The number of ether oxygens (including phenoxy) is 1. The summed E-state index contributed by atoms with van der Waals surface area (Å²) in [6.07, 6.45) is 8.50. The van der Waals surface area contributed by atoms with Crippen LogP contribution in [0.15, 0.2) is 0 Å². The van der Waals surface area contributed by atoms with Gasteiger partial charge in [-0.05, 0) is 39.7 Å². The van der Waals surface area contributed by atoms with Crippen LogP contribution >= 0.6 is 14.5 Å². The Balaban J connectivity index is 2.11. The summed E-state index contributed by atoms with van der Waals surface area (Å²) in [5.41, 5.74) is -0.104. The Bertz CT molecular complexity index is 438. The standard InChI is InChI=1S/C13H26O4P2/c1-8-9(2)16-13(12(8)17-18(3,4)5)10-7-11(10)19(6,14)15/h8-15H,3,6-7H2,1-2,4-5H3. The second-order valence-electron chi connectivity index (χ2n) is 6.56. The molecule has 2 N–H and O–H groups in total. The molecule has 1 saturated heterocycles. The molecule has 0 radical (unpaired) electrons. The first kappa shape index (κ1) is 15.8. The minimum Gasteiger partial charge on any atom is -0.372 e. The van der Waals surface area contributed by atoms with E-state index in [1.807, 2.05) is 13.3 Å². The highest BCUT2D eigenvalue weighted by molar-refractivity contribution is 7.67. The molecule has 0 aromatic carbocycles. The van der Waals surface area contributed by atoms with Crippen LogP contribution in [0.4, 0.5) is 0 Å². The Morgan fingerprint density at radius 2 is 1.79 bits per heavy atom. The lowest BCUT2D eigenvalue weighted by Crippen LogP contribution is -2.30. The van der Waals surface area contributed by atoms with Crippen molar-refractivity contribution in [2.75, 3.05) is 13.3 Å². The Kier molecular flexibility index (Phi) is 4.18. The smallest absolute Gasteiger partial charge is 0.115 e. The summed E-state index contributed by atoms with van der Waals surface area (Å²) in [6.45, 7) is 8.27. The zero-order chi connectivity index (χ0) is 14.6. The maximum atomic E-state index is 9.69. The second-order valence-corrected chi connectivity index (χ2v) is 12.2. The monoisotopic (exact) mass is 308 g/mol. The number of hydrogen-bond donors (Lipinski definition) is 2. The number of rotatable bonds is 4. The van der Waals surface area contributed by atoms with Gasteiger partial charge in [0.2, 0.25) is 0 Å². The van der Waals surface area contributed by atoms with Crippen LogP contribution in [-0.4, -0.2) is 59.7 Å². The molecular formula is C13H26O4P2. The summed E-state index contributed by atoms with van der Waals surface area (Å²) in [7, 11) is -4.59. The van der Waals surface area contributed by atoms with E-state index in [1.54, 1.807) is 0 Å². The molecule has 2 fully saturated rings. The van der Waals surface area contributed by atoms with Crippen molar-refractivity contribution in [1.29, 1.82) is 0 Å². The molecule has 1 saturated carbocycles. The average Bonchev–Trinajstić information content (AvgIpc) is 2.95. The molecule has 112 valence electrons. The maximum Gasteiger partial charge on any atom is 0.115 e. The van der Waals surface area contributed by atoms with Gasteiger partial charge in [-0.3, -0.25) is 0 Å². The minimum atomic E-state index is -2.99. The summed E-state index contributed by atoms with van der Waals surface area (Å²) < 4.78 is 12.2. The van der Waals surface area contributed by atoms with Gasteiger partial charge in [0.05, 0.1) is 18.3 Å². The third-order valence-corrected chi connectivity index (χ3v) is 6.59. The van der Waals surface area contributed by atoms with E-state index in [4.69, 9.17) is 9.26 Å². The molecule has 0 spiro atoms. The molecule has 0 amide bonds. The lowest BCUT2D eigenvalue weighted by Gasteiger charge is -2.27. The maximum absolute atomic E-state index is 9.69. The van der Waals surface area contributed by atoms with Crippen molar-refractivity contribution in [3.63, 3.8) is 0 Å². The molecule has 6 unspecified atom stereocenters. The van der Waals surface area contributed by atoms with Crippen LogP contribution < -0.4 is 0 Å². The zero-order valence-electron chi connectivity index (χ0n) is 12.2. The first-order chi connectivity index (χ1) is 8.50. The van der Waals surface area contributed by atoms with Gasteiger partial charge in [0.25, 0.3) is 0 Å². The Morgan fingerprint density at radius 1 is 1.21 bits per heavy atom. The van der Waals surface area contributed by atoms with Crippen LogP contribution in [0.25, 0.3) is 0 Å². The fourth-order valence-electron chi connectivity index (χ4n) is 2.87. The lowest BCUT2D eigenvalue weighted by atomic mass is 9.97. The molecular weight excluding hydrogens is 282 g/mol. The summed E-state index contributed by atoms with van der Waals surface area (Å²) >= 11 is 0. The van der Waals surface area contributed by atoms with Crippen molar-refractivity contribution >= 4 is 27.1 Å². The third-order valence-electron chi connectivity index (χ3n) is 4.12. The highest BCUT2D eigenvalue weighted by Crippen LogP contribution is 2.61. The lowest BCUT2D eigenvalue weighted by molar-refractivity contribution is 0.0122. The molecule has 0 aromatic rings. The van der Waals surface area contributed by atoms with E-state index in [0.29, 0.717) is 5.92 Å². The van der Waals surface area contributed by atoms with E-state index in [0.717, 1.165) is 6.42 Å². The first-order valence-electron chi connectivity index (χ1n) is 6.71. The van der Waals surface area contributed by atoms with E-state index in [1.165, 1.54) is 0 Å². The van der Waals surface area contributed by atoms with E-state index >= 15 is 0 Å².